The van der Waals surface area contributed by atoms with Crippen LogP contribution in [0, 0.1) is 0 Å². The molecule has 0 saturated heterocycles. The van der Waals surface area contributed by atoms with Crippen LogP contribution in [0.2, 0.25) is 0 Å². The molecule has 0 aromatic carbocycles. The number of nitrogens with zero attached hydrogens (tertiary/aromatic N) is 1. The van der Waals surface area contributed by atoms with Crippen LogP contribution in [-0.2, 0) is 0 Å². The molecule has 5 heteroatoms. The van der Waals surface area contributed by atoms with E-state index in [2.05, 4.69) is 4.98 Å². The third-order valence-corrected chi connectivity index (χ3v) is 3.64. The molecule has 15 heavy (non-hydrogen) atoms. The molecule has 2 aromatic heterocycles. The Morgan fingerprint density at radius 2 is 2.33 bits per heavy atom. The normalized spacial score (nSPS) is 10.1. The molecular weight excluding hydrogens is 230 g/mol. The highest BCUT2D eigenvalue weighted by Gasteiger charge is 2.07. The Bertz CT molecular complexity index is 467. The maximum Gasteiger partial charge on any atom is 0.345 e. The lowest BCUT2D eigenvalue weighted by molar-refractivity contribution is 0.0702. The van der Waals surface area contributed by atoms with E-state index in [0.717, 1.165) is 9.92 Å². The van der Waals surface area contributed by atoms with Crippen LogP contribution in [0.4, 0.5) is 0 Å². The minimum absolute atomic E-state index is 0.355. The van der Waals surface area contributed by atoms with Gasteiger partial charge in [0.1, 0.15) is 9.90 Å². The summed E-state index contributed by atoms with van der Waals surface area (Å²) in [5.74, 6) is -0.882. The first-order chi connectivity index (χ1) is 7.25. The predicted molar refractivity (Wildman–Crippen MR) is 59.6 cm³/mol. The highest BCUT2D eigenvalue weighted by atomic mass is 32.2. The predicted octanol–water partition coefficient (Wildman–Crippen LogP) is 2.99. The van der Waals surface area contributed by atoms with E-state index in [1.54, 1.807) is 12.3 Å². The number of hydrogen-bond acceptors (Lipinski definition) is 4. The van der Waals surface area contributed by atoms with Gasteiger partial charge in [-0.3, -0.25) is 0 Å². The molecule has 2 rings (SSSR count). The van der Waals surface area contributed by atoms with Crippen molar-refractivity contribution in [3.8, 4) is 0 Å². The van der Waals surface area contributed by atoms with Gasteiger partial charge in [-0.15, -0.1) is 11.3 Å². The highest BCUT2D eigenvalue weighted by molar-refractivity contribution is 7.99. The number of carboxylic acids is 1. The quantitative estimate of drug-likeness (QED) is 0.891. The van der Waals surface area contributed by atoms with Gasteiger partial charge in [-0.1, -0.05) is 17.8 Å². The Labute approximate surface area is 94.8 Å². The van der Waals surface area contributed by atoms with Crippen molar-refractivity contribution < 1.29 is 9.90 Å². The van der Waals surface area contributed by atoms with E-state index in [-0.39, 0.29) is 0 Å². The monoisotopic (exact) mass is 237 g/mol. The minimum atomic E-state index is -0.882. The Hall–Kier alpha value is -1.33. The van der Waals surface area contributed by atoms with E-state index < -0.39 is 5.97 Å². The van der Waals surface area contributed by atoms with Crippen LogP contribution in [0.25, 0.3) is 0 Å². The second kappa shape index (κ2) is 4.46. The molecule has 1 N–H and O–H groups in total. The Kier molecular flexibility index (Phi) is 3.03. The number of hydrogen-bond donors (Lipinski definition) is 1. The molecule has 0 bridgehead atoms. The standard InChI is InChI=1S/C10H7NO2S2/c12-10(13)8-5-7(6-14-8)15-9-3-1-2-4-11-9/h1-6H,(H,12,13). The molecule has 0 radical (unpaired) electrons. The van der Waals surface area contributed by atoms with E-state index in [0.29, 0.717) is 4.88 Å². The Morgan fingerprint density at radius 1 is 1.47 bits per heavy atom. The van der Waals surface area contributed by atoms with Crippen molar-refractivity contribution in [1.29, 1.82) is 0 Å². The fraction of sp³-hybridized carbons (Fsp3) is 0. The molecule has 0 fully saturated rings. The second-order valence-electron chi connectivity index (χ2n) is 2.72. The number of thiophene rings is 1. The van der Waals surface area contributed by atoms with Crippen molar-refractivity contribution in [2.24, 2.45) is 0 Å². The molecule has 2 aromatic rings. The number of carbonyl (C=O) groups is 1. The van der Waals surface area contributed by atoms with Crippen molar-refractivity contribution in [2.75, 3.05) is 0 Å². The van der Waals surface area contributed by atoms with Crippen LogP contribution >= 0.6 is 23.1 Å². The molecule has 0 aliphatic heterocycles. The number of aromatic nitrogens is 1. The van der Waals surface area contributed by atoms with Crippen molar-refractivity contribution >= 4 is 29.1 Å². The molecule has 0 amide bonds. The maximum absolute atomic E-state index is 10.7. The molecule has 0 spiro atoms. The summed E-state index contributed by atoms with van der Waals surface area (Å²) in [5.41, 5.74) is 0. The summed E-state index contributed by atoms with van der Waals surface area (Å²) in [6.07, 6.45) is 1.72. The second-order valence-corrected chi connectivity index (χ2v) is 4.73. The first-order valence-electron chi connectivity index (χ1n) is 4.16. The van der Waals surface area contributed by atoms with Gasteiger partial charge >= 0.3 is 5.97 Å². The third kappa shape index (κ3) is 2.57. The average molecular weight is 237 g/mol. The van der Waals surface area contributed by atoms with E-state index in [1.807, 2.05) is 23.6 Å². The number of pyridine rings is 1. The zero-order valence-electron chi connectivity index (χ0n) is 7.58. The summed E-state index contributed by atoms with van der Waals surface area (Å²) in [7, 11) is 0. The molecule has 0 unspecified atom stereocenters. The van der Waals surface area contributed by atoms with Crippen LogP contribution in [0.1, 0.15) is 9.67 Å². The minimum Gasteiger partial charge on any atom is -0.477 e. The molecule has 3 nitrogen and oxygen atoms in total. The van der Waals surface area contributed by atoms with Gasteiger partial charge in [0, 0.05) is 16.5 Å². The van der Waals surface area contributed by atoms with E-state index in [1.165, 1.54) is 23.1 Å². The smallest absolute Gasteiger partial charge is 0.345 e. The van der Waals surface area contributed by atoms with Gasteiger partial charge in [-0.2, -0.15) is 0 Å². The summed E-state index contributed by atoms with van der Waals surface area (Å²) in [6.45, 7) is 0. The zero-order chi connectivity index (χ0) is 10.7. The van der Waals surface area contributed by atoms with Crippen LogP contribution in [0.15, 0.2) is 45.8 Å². The van der Waals surface area contributed by atoms with Gasteiger partial charge in [0.05, 0.1) is 0 Å². The van der Waals surface area contributed by atoms with Crippen LogP contribution < -0.4 is 0 Å². The lowest BCUT2D eigenvalue weighted by Crippen LogP contribution is -1.89. The van der Waals surface area contributed by atoms with Gasteiger partial charge in [0.15, 0.2) is 0 Å². The highest BCUT2D eigenvalue weighted by Crippen LogP contribution is 2.29. The van der Waals surface area contributed by atoms with Crippen molar-refractivity contribution in [3.05, 3.63) is 40.7 Å². The third-order valence-electron chi connectivity index (χ3n) is 1.65. The van der Waals surface area contributed by atoms with Gasteiger partial charge in [-0.05, 0) is 18.2 Å². The van der Waals surface area contributed by atoms with Gasteiger partial charge < -0.3 is 5.11 Å². The summed E-state index contributed by atoms with van der Waals surface area (Å²) in [4.78, 5) is 16.1. The van der Waals surface area contributed by atoms with Crippen molar-refractivity contribution in [3.63, 3.8) is 0 Å². The zero-order valence-corrected chi connectivity index (χ0v) is 9.22. The molecular formula is C10H7NO2S2. The molecule has 0 saturated carbocycles. The fourth-order valence-electron chi connectivity index (χ4n) is 1.01. The van der Waals surface area contributed by atoms with Crippen LogP contribution in [-0.4, -0.2) is 16.1 Å². The number of rotatable bonds is 3. The van der Waals surface area contributed by atoms with Gasteiger partial charge in [0.25, 0.3) is 0 Å². The van der Waals surface area contributed by atoms with Crippen LogP contribution in [0.3, 0.4) is 0 Å². The summed E-state index contributed by atoms with van der Waals surface area (Å²) < 4.78 is 0. The summed E-state index contributed by atoms with van der Waals surface area (Å²) in [6, 6.07) is 7.30. The molecule has 0 aliphatic rings. The number of carboxylic acid groups (broad SMARTS) is 1. The summed E-state index contributed by atoms with van der Waals surface area (Å²) in [5, 5.41) is 11.4. The van der Waals surface area contributed by atoms with E-state index in [9.17, 15) is 4.79 Å². The molecule has 2 heterocycles. The molecule has 76 valence electrons. The van der Waals surface area contributed by atoms with Crippen molar-refractivity contribution in [1.82, 2.24) is 4.98 Å². The van der Waals surface area contributed by atoms with E-state index >= 15 is 0 Å². The van der Waals surface area contributed by atoms with Crippen molar-refractivity contribution in [2.45, 2.75) is 9.92 Å². The SMILES string of the molecule is O=C(O)c1cc(Sc2ccccn2)cs1. The maximum atomic E-state index is 10.7. The van der Waals surface area contributed by atoms with Gasteiger partial charge in [-0.25, -0.2) is 9.78 Å². The first kappa shape index (κ1) is 10.2. The lowest BCUT2D eigenvalue weighted by atomic mass is 10.5. The van der Waals surface area contributed by atoms with Crippen LogP contribution in [0.5, 0.6) is 0 Å². The van der Waals surface area contributed by atoms with Gasteiger partial charge in [0.2, 0.25) is 0 Å². The molecule has 0 aliphatic carbocycles. The Morgan fingerprint density at radius 3 is 2.93 bits per heavy atom. The first-order valence-corrected chi connectivity index (χ1v) is 5.86. The average Bonchev–Trinajstić information content (AvgIpc) is 2.68. The number of aromatic carboxylic acids is 1. The fourth-order valence-corrected chi connectivity index (χ4v) is 2.71. The van der Waals surface area contributed by atoms with E-state index in [4.69, 9.17) is 5.11 Å². The Balaban J connectivity index is 2.15. The lowest BCUT2D eigenvalue weighted by Gasteiger charge is -1.95. The molecule has 0 atom stereocenters. The largest absolute Gasteiger partial charge is 0.477 e. The summed E-state index contributed by atoms with van der Waals surface area (Å²) >= 11 is 2.69. The topological polar surface area (TPSA) is 50.2 Å².